The third-order valence-corrected chi connectivity index (χ3v) is 4.03. The first kappa shape index (κ1) is 20.0. The van der Waals surface area contributed by atoms with Gasteiger partial charge in [-0.05, 0) is 6.42 Å². The van der Waals surface area contributed by atoms with Gasteiger partial charge in [-0.25, -0.2) is 0 Å². The number of nitrogens with zero attached hydrogens (tertiary/aromatic N) is 2. The van der Waals surface area contributed by atoms with E-state index in [1.165, 1.54) is 57.6 Å². The minimum Gasteiger partial charge on any atom is -0.358 e. The van der Waals surface area contributed by atoms with Crippen molar-refractivity contribution < 1.29 is 4.79 Å². The molecule has 1 rings (SSSR count). The second-order valence-corrected chi connectivity index (χ2v) is 6.08. The van der Waals surface area contributed by atoms with Crippen molar-refractivity contribution in [1.29, 1.82) is 5.26 Å². The van der Waals surface area contributed by atoms with Crippen LogP contribution in [0, 0.1) is 11.3 Å². The van der Waals surface area contributed by atoms with Crippen LogP contribution in [0.4, 0.5) is 0 Å². The normalized spacial score (nSPS) is 14.8. The lowest BCUT2D eigenvalue weighted by molar-refractivity contribution is -0.117. The molecule has 0 bridgehead atoms. The number of nitrogens with one attached hydrogen (secondary N) is 2. The lowest BCUT2D eigenvalue weighted by atomic mass is 10.1. The van der Waals surface area contributed by atoms with E-state index in [-0.39, 0.29) is 11.5 Å². The number of carbonyl (C=O) groups excluding carboxylic acids is 1. The van der Waals surface area contributed by atoms with Crippen molar-refractivity contribution in [2.24, 2.45) is 4.99 Å². The largest absolute Gasteiger partial charge is 0.358 e. The van der Waals surface area contributed by atoms with E-state index in [2.05, 4.69) is 22.5 Å². The molecule has 1 amide bonds. The number of amides is 1. The number of aliphatic imine (C=N–C) groups is 1. The lowest BCUT2D eigenvalue weighted by Crippen LogP contribution is -2.28. The van der Waals surface area contributed by atoms with E-state index in [4.69, 9.17) is 5.26 Å². The van der Waals surface area contributed by atoms with E-state index >= 15 is 0 Å². The SMILES string of the molecule is CCCCCCCCCCCCNC(=O)/C(C#N)=C1\C=NC=CN1. The molecule has 2 N–H and O–H groups in total. The van der Waals surface area contributed by atoms with Crippen molar-refractivity contribution in [2.45, 2.75) is 71.1 Å². The Morgan fingerprint density at radius 2 is 1.75 bits per heavy atom. The molecular formula is C19H30N4O. The Kier molecular flexibility index (Phi) is 11.1. The average Bonchev–Trinajstić information content (AvgIpc) is 2.61. The number of hydrogen-bond donors (Lipinski definition) is 2. The summed E-state index contributed by atoms with van der Waals surface area (Å²) in [6, 6.07) is 1.94. The van der Waals surface area contributed by atoms with Crippen LogP contribution in [-0.4, -0.2) is 18.7 Å². The summed E-state index contributed by atoms with van der Waals surface area (Å²) >= 11 is 0. The average molecular weight is 330 g/mol. The van der Waals surface area contributed by atoms with Crippen LogP contribution in [0.3, 0.4) is 0 Å². The fourth-order valence-electron chi connectivity index (χ4n) is 2.60. The second-order valence-electron chi connectivity index (χ2n) is 6.08. The van der Waals surface area contributed by atoms with Crippen molar-refractivity contribution in [3.05, 3.63) is 23.7 Å². The smallest absolute Gasteiger partial charge is 0.264 e. The number of nitriles is 1. The fraction of sp³-hybridized carbons (Fsp3) is 0.632. The Bertz CT molecular complexity index is 500. The van der Waals surface area contributed by atoms with E-state index in [0.717, 1.165) is 12.8 Å². The zero-order valence-corrected chi connectivity index (χ0v) is 14.8. The Morgan fingerprint density at radius 3 is 2.29 bits per heavy atom. The number of unbranched alkanes of at least 4 members (excludes halogenated alkanes) is 9. The molecule has 5 nitrogen and oxygen atoms in total. The molecule has 0 fully saturated rings. The zero-order chi connectivity index (χ0) is 17.5. The summed E-state index contributed by atoms with van der Waals surface area (Å²) in [7, 11) is 0. The van der Waals surface area contributed by atoms with Gasteiger partial charge in [0.15, 0.2) is 0 Å². The van der Waals surface area contributed by atoms with Crippen LogP contribution in [0.2, 0.25) is 0 Å². The molecule has 1 aliphatic rings. The van der Waals surface area contributed by atoms with Crippen LogP contribution in [0.25, 0.3) is 0 Å². The molecule has 0 unspecified atom stereocenters. The number of allylic oxidation sites excluding steroid dienone is 1. The predicted molar refractivity (Wildman–Crippen MR) is 98.3 cm³/mol. The minimum atomic E-state index is -0.335. The quantitative estimate of drug-likeness (QED) is 0.323. The van der Waals surface area contributed by atoms with Crippen molar-refractivity contribution in [3.63, 3.8) is 0 Å². The molecule has 0 atom stereocenters. The summed E-state index contributed by atoms with van der Waals surface area (Å²) < 4.78 is 0. The number of hydrogen-bond acceptors (Lipinski definition) is 4. The Labute approximate surface area is 145 Å². The van der Waals surface area contributed by atoms with Gasteiger partial charge in [0.25, 0.3) is 5.91 Å². The van der Waals surface area contributed by atoms with Crippen LogP contribution in [0.15, 0.2) is 28.7 Å². The van der Waals surface area contributed by atoms with Gasteiger partial charge in [-0.2, -0.15) is 5.26 Å². The molecule has 1 heterocycles. The first-order valence-electron chi connectivity index (χ1n) is 9.17. The lowest BCUT2D eigenvalue weighted by Gasteiger charge is -2.09. The van der Waals surface area contributed by atoms with E-state index in [1.807, 2.05) is 6.07 Å². The maximum absolute atomic E-state index is 12.0. The molecular weight excluding hydrogens is 300 g/mol. The minimum absolute atomic E-state index is 0.0789. The van der Waals surface area contributed by atoms with Crippen molar-refractivity contribution in [1.82, 2.24) is 10.6 Å². The van der Waals surface area contributed by atoms with Gasteiger partial charge in [-0.15, -0.1) is 0 Å². The molecule has 0 radical (unpaired) electrons. The maximum atomic E-state index is 12.0. The van der Waals surface area contributed by atoms with Gasteiger partial charge < -0.3 is 10.6 Å². The molecule has 5 heteroatoms. The highest BCUT2D eigenvalue weighted by Gasteiger charge is 2.14. The van der Waals surface area contributed by atoms with Gasteiger partial charge in [-0.1, -0.05) is 64.7 Å². The first-order valence-corrected chi connectivity index (χ1v) is 9.17. The molecule has 0 aromatic carbocycles. The third-order valence-electron chi connectivity index (χ3n) is 4.03. The molecule has 0 spiro atoms. The van der Waals surface area contributed by atoms with E-state index < -0.39 is 0 Å². The molecule has 0 aliphatic carbocycles. The van der Waals surface area contributed by atoms with E-state index in [9.17, 15) is 4.79 Å². The van der Waals surface area contributed by atoms with Gasteiger partial charge in [0, 0.05) is 18.9 Å². The molecule has 132 valence electrons. The standard InChI is InChI=1S/C19H30N4O/c1-2-3-4-5-6-7-8-9-10-11-12-23-19(24)17(15-20)18-16-21-13-14-22-18/h13-14,16,22H,2-12H2,1H3,(H,23,24)/b18-17+. The van der Waals surface area contributed by atoms with E-state index in [1.54, 1.807) is 12.4 Å². The molecule has 0 saturated heterocycles. The van der Waals surface area contributed by atoms with Crippen LogP contribution in [0.5, 0.6) is 0 Å². The summed E-state index contributed by atoms with van der Waals surface area (Å²) in [4.78, 5) is 15.9. The van der Waals surface area contributed by atoms with Crippen molar-refractivity contribution in [3.8, 4) is 6.07 Å². The topological polar surface area (TPSA) is 77.3 Å². The first-order chi connectivity index (χ1) is 11.8. The molecule has 0 aromatic rings. The van der Waals surface area contributed by atoms with Crippen LogP contribution in [0.1, 0.15) is 71.1 Å². The van der Waals surface area contributed by atoms with Crippen LogP contribution in [-0.2, 0) is 4.79 Å². The molecule has 1 aliphatic heterocycles. The van der Waals surface area contributed by atoms with Crippen molar-refractivity contribution >= 4 is 12.1 Å². The molecule has 0 aromatic heterocycles. The second kappa shape index (κ2) is 13.4. The summed E-state index contributed by atoms with van der Waals surface area (Å²) in [6.45, 7) is 2.85. The highest BCUT2D eigenvalue weighted by atomic mass is 16.1. The third kappa shape index (κ3) is 8.52. The van der Waals surface area contributed by atoms with E-state index in [0.29, 0.717) is 12.2 Å². The highest BCUT2D eigenvalue weighted by Crippen LogP contribution is 2.10. The zero-order valence-electron chi connectivity index (χ0n) is 14.8. The fourth-order valence-corrected chi connectivity index (χ4v) is 2.60. The Balaban J connectivity index is 2.06. The Morgan fingerprint density at radius 1 is 1.12 bits per heavy atom. The van der Waals surface area contributed by atoms with Crippen LogP contribution < -0.4 is 10.6 Å². The Hall–Kier alpha value is -2.09. The monoisotopic (exact) mass is 330 g/mol. The molecule has 24 heavy (non-hydrogen) atoms. The van der Waals surface area contributed by atoms with Gasteiger partial charge in [-0.3, -0.25) is 9.79 Å². The van der Waals surface area contributed by atoms with Gasteiger partial charge in [0.1, 0.15) is 11.6 Å². The summed E-state index contributed by atoms with van der Waals surface area (Å²) in [5, 5.41) is 14.8. The van der Waals surface area contributed by atoms with Crippen molar-refractivity contribution in [2.75, 3.05) is 6.54 Å². The number of carbonyl (C=O) groups is 1. The highest BCUT2D eigenvalue weighted by molar-refractivity contribution is 6.03. The maximum Gasteiger partial charge on any atom is 0.264 e. The molecule has 0 saturated carbocycles. The van der Waals surface area contributed by atoms with Gasteiger partial charge in [0.05, 0.1) is 11.9 Å². The summed E-state index contributed by atoms with van der Waals surface area (Å²) in [5.74, 6) is -0.335. The van der Waals surface area contributed by atoms with Crippen LogP contribution >= 0.6 is 0 Å². The number of rotatable bonds is 12. The summed E-state index contributed by atoms with van der Waals surface area (Å²) in [6.07, 6.45) is 17.3. The van der Waals surface area contributed by atoms with Gasteiger partial charge in [0.2, 0.25) is 0 Å². The predicted octanol–water partition coefficient (Wildman–Crippen LogP) is 3.95. The summed E-state index contributed by atoms with van der Waals surface area (Å²) in [5.41, 5.74) is 0.524. The van der Waals surface area contributed by atoms with Gasteiger partial charge >= 0.3 is 0 Å².